The van der Waals surface area contributed by atoms with Gasteiger partial charge in [0.2, 0.25) is 5.78 Å². The summed E-state index contributed by atoms with van der Waals surface area (Å²) in [7, 11) is 0. The quantitative estimate of drug-likeness (QED) is 0.129. The molecule has 194 valence electrons. The summed E-state index contributed by atoms with van der Waals surface area (Å²) >= 11 is 6.03. The average Bonchev–Trinajstić information content (AvgIpc) is 3.24. The van der Waals surface area contributed by atoms with Crippen LogP contribution in [0.15, 0.2) is 115 Å². The Kier molecular flexibility index (Phi) is 6.46. The second kappa shape index (κ2) is 10.2. The molecule has 0 spiro atoms. The highest BCUT2D eigenvalue weighted by Gasteiger charge is 2.38. The SMILES string of the molecule is O=C(O[C@H](C(=O)c1ccccc1)c1ccc(Cl)cc1)c1ccc2c(c1)C(=O)N(c1cccc3ccccc13)C2=O. The lowest BCUT2D eigenvalue weighted by molar-refractivity contribution is 0.0280. The van der Waals surface area contributed by atoms with Crippen LogP contribution in [0.4, 0.5) is 5.69 Å². The molecule has 6 nitrogen and oxygen atoms in total. The largest absolute Gasteiger partial charge is 0.445 e. The molecule has 1 aliphatic heterocycles. The maximum Gasteiger partial charge on any atom is 0.339 e. The molecule has 40 heavy (non-hydrogen) atoms. The number of benzene rings is 5. The predicted octanol–water partition coefficient (Wildman–Crippen LogP) is 7.07. The second-order valence-corrected chi connectivity index (χ2v) is 9.71. The van der Waals surface area contributed by atoms with E-state index in [0.717, 1.165) is 15.7 Å². The molecule has 0 radical (unpaired) electrons. The van der Waals surface area contributed by atoms with E-state index in [-0.39, 0.29) is 16.7 Å². The lowest BCUT2D eigenvalue weighted by atomic mass is 9.99. The number of Topliss-reactive ketones (excluding diaryl/α,β-unsaturated/α-hetero) is 1. The number of nitrogens with zero attached hydrogens (tertiary/aromatic N) is 1. The number of halogens is 1. The van der Waals surface area contributed by atoms with Gasteiger partial charge in [0.1, 0.15) is 0 Å². The van der Waals surface area contributed by atoms with E-state index in [4.69, 9.17) is 16.3 Å². The first-order valence-corrected chi connectivity index (χ1v) is 12.9. The van der Waals surface area contributed by atoms with Crippen molar-refractivity contribution in [1.82, 2.24) is 0 Å². The topological polar surface area (TPSA) is 80.8 Å². The van der Waals surface area contributed by atoms with Gasteiger partial charge in [0.25, 0.3) is 11.8 Å². The number of imide groups is 1. The summed E-state index contributed by atoms with van der Waals surface area (Å²) in [5.41, 5.74) is 1.59. The van der Waals surface area contributed by atoms with Crippen LogP contribution in [0.25, 0.3) is 10.8 Å². The highest BCUT2D eigenvalue weighted by molar-refractivity contribution is 6.36. The van der Waals surface area contributed by atoms with Crippen LogP contribution in [0.1, 0.15) is 53.1 Å². The van der Waals surface area contributed by atoms with Crippen molar-refractivity contribution in [2.75, 3.05) is 4.90 Å². The molecular weight excluding hydrogens is 526 g/mol. The minimum atomic E-state index is -1.25. The van der Waals surface area contributed by atoms with Gasteiger partial charge in [-0.05, 0) is 41.8 Å². The van der Waals surface area contributed by atoms with Gasteiger partial charge in [-0.25, -0.2) is 9.69 Å². The minimum Gasteiger partial charge on any atom is -0.445 e. The Morgan fingerprint density at radius 1 is 0.675 bits per heavy atom. The number of carbonyl (C=O) groups excluding carboxylic acids is 4. The molecule has 0 aliphatic carbocycles. The molecule has 1 atom stereocenters. The van der Waals surface area contributed by atoms with Crippen molar-refractivity contribution in [3.8, 4) is 0 Å². The van der Waals surface area contributed by atoms with Gasteiger partial charge in [0.05, 0.1) is 22.4 Å². The molecule has 0 fully saturated rings. The summed E-state index contributed by atoms with van der Waals surface area (Å²) < 4.78 is 5.73. The zero-order valence-electron chi connectivity index (χ0n) is 20.9. The maximum atomic E-state index is 13.5. The molecule has 6 rings (SSSR count). The Balaban J connectivity index is 1.32. The van der Waals surface area contributed by atoms with E-state index in [1.807, 2.05) is 30.3 Å². The molecule has 0 aromatic heterocycles. The van der Waals surface area contributed by atoms with Gasteiger partial charge in [0, 0.05) is 21.5 Å². The van der Waals surface area contributed by atoms with Crippen LogP contribution in [-0.4, -0.2) is 23.6 Å². The third kappa shape index (κ3) is 4.44. The first-order valence-electron chi connectivity index (χ1n) is 12.5. The van der Waals surface area contributed by atoms with Gasteiger partial charge >= 0.3 is 5.97 Å². The summed E-state index contributed by atoms with van der Waals surface area (Å²) in [5, 5.41) is 2.11. The summed E-state index contributed by atoms with van der Waals surface area (Å²) in [5.74, 6) is -2.24. The monoisotopic (exact) mass is 545 g/mol. The standard InChI is InChI=1S/C33H20ClNO5/c34-24-16-13-22(14-17-24)30(29(36)21-8-2-1-3-9-21)40-33(39)23-15-18-26-27(19-23)32(38)35(31(26)37)28-12-6-10-20-7-4-5-11-25(20)28/h1-19,30H/t30-/m0/s1. The number of ether oxygens (including phenoxy) is 1. The van der Waals surface area contributed by atoms with Gasteiger partial charge in [-0.2, -0.15) is 0 Å². The van der Waals surface area contributed by atoms with Crippen molar-refractivity contribution >= 4 is 51.6 Å². The van der Waals surface area contributed by atoms with E-state index in [2.05, 4.69) is 0 Å². The molecule has 1 aliphatic rings. The van der Waals surface area contributed by atoms with Gasteiger partial charge in [-0.1, -0.05) is 90.5 Å². The third-order valence-corrected chi connectivity index (χ3v) is 7.08. The normalized spacial score (nSPS) is 13.3. The zero-order chi connectivity index (χ0) is 27.8. The van der Waals surface area contributed by atoms with E-state index in [1.54, 1.807) is 66.7 Å². The first-order chi connectivity index (χ1) is 19.4. The fourth-order valence-electron chi connectivity index (χ4n) is 4.83. The highest BCUT2D eigenvalue weighted by atomic mass is 35.5. The molecule has 1 heterocycles. The molecule has 7 heteroatoms. The third-order valence-electron chi connectivity index (χ3n) is 6.82. The minimum absolute atomic E-state index is 0.0412. The van der Waals surface area contributed by atoms with E-state index in [1.165, 1.54) is 18.2 Å². The molecule has 5 aromatic carbocycles. The predicted molar refractivity (Wildman–Crippen MR) is 152 cm³/mol. The van der Waals surface area contributed by atoms with Gasteiger partial charge in [0.15, 0.2) is 6.10 Å². The first kappa shape index (κ1) is 25.2. The van der Waals surface area contributed by atoms with Crippen LogP contribution < -0.4 is 4.90 Å². The van der Waals surface area contributed by atoms with Crippen LogP contribution in [0, 0.1) is 0 Å². The Hall–Kier alpha value is -5.07. The number of fused-ring (bicyclic) bond motifs is 2. The number of esters is 1. The fraction of sp³-hybridized carbons (Fsp3) is 0.0303. The van der Waals surface area contributed by atoms with Gasteiger partial charge in [-0.15, -0.1) is 0 Å². The smallest absolute Gasteiger partial charge is 0.339 e. The van der Waals surface area contributed by atoms with Crippen LogP contribution in [0.3, 0.4) is 0 Å². The molecule has 0 bridgehead atoms. The lowest BCUT2D eigenvalue weighted by Gasteiger charge is -2.18. The molecule has 0 saturated heterocycles. The zero-order valence-corrected chi connectivity index (χ0v) is 21.7. The maximum absolute atomic E-state index is 13.5. The molecule has 0 saturated carbocycles. The number of carbonyl (C=O) groups is 4. The van der Waals surface area contributed by atoms with Crippen molar-refractivity contribution in [1.29, 1.82) is 0 Å². The highest BCUT2D eigenvalue weighted by Crippen LogP contribution is 2.34. The number of rotatable bonds is 6. The van der Waals surface area contributed by atoms with Crippen LogP contribution in [0.5, 0.6) is 0 Å². The van der Waals surface area contributed by atoms with Crippen molar-refractivity contribution in [2.24, 2.45) is 0 Å². The molecule has 2 amide bonds. The number of hydrogen-bond donors (Lipinski definition) is 0. The number of amides is 2. The Labute approximate surface area is 234 Å². The number of ketones is 1. The van der Waals surface area contributed by atoms with Gasteiger partial charge < -0.3 is 4.74 Å². The van der Waals surface area contributed by atoms with Gasteiger partial charge in [-0.3, -0.25) is 14.4 Å². The average molecular weight is 546 g/mol. The summed E-state index contributed by atoms with van der Waals surface area (Å²) in [4.78, 5) is 54.6. The molecule has 5 aromatic rings. The Morgan fingerprint density at radius 2 is 1.35 bits per heavy atom. The molecule has 0 unspecified atom stereocenters. The lowest BCUT2D eigenvalue weighted by Crippen LogP contribution is -2.29. The van der Waals surface area contributed by atoms with Crippen molar-refractivity contribution in [2.45, 2.75) is 6.10 Å². The fourth-order valence-corrected chi connectivity index (χ4v) is 4.96. The van der Waals surface area contributed by atoms with Crippen molar-refractivity contribution in [3.05, 3.63) is 148 Å². The van der Waals surface area contributed by atoms with Crippen LogP contribution in [0.2, 0.25) is 5.02 Å². The Bertz CT molecular complexity index is 1810. The molecular formula is C33H20ClNO5. The summed E-state index contributed by atoms with van der Waals surface area (Å²) in [6.45, 7) is 0. The van der Waals surface area contributed by atoms with E-state index in [0.29, 0.717) is 21.8 Å². The number of anilines is 1. The van der Waals surface area contributed by atoms with E-state index >= 15 is 0 Å². The Morgan fingerprint density at radius 3 is 2.12 bits per heavy atom. The van der Waals surface area contributed by atoms with Crippen molar-refractivity contribution in [3.63, 3.8) is 0 Å². The molecule has 0 N–H and O–H groups in total. The van der Waals surface area contributed by atoms with Crippen LogP contribution >= 0.6 is 11.6 Å². The number of hydrogen-bond acceptors (Lipinski definition) is 5. The summed E-state index contributed by atoms with van der Waals surface area (Å²) in [6, 6.07) is 32.0. The summed E-state index contributed by atoms with van der Waals surface area (Å²) in [6.07, 6.45) is -1.25. The van der Waals surface area contributed by atoms with E-state index < -0.39 is 29.7 Å². The van der Waals surface area contributed by atoms with E-state index in [9.17, 15) is 19.2 Å². The van der Waals surface area contributed by atoms with Crippen molar-refractivity contribution < 1.29 is 23.9 Å². The second-order valence-electron chi connectivity index (χ2n) is 9.27. The van der Waals surface area contributed by atoms with Crippen LogP contribution in [-0.2, 0) is 4.74 Å².